The molecular weight excluding hydrogens is 296 g/mol. The van der Waals surface area contributed by atoms with E-state index in [1.54, 1.807) is 0 Å². The van der Waals surface area contributed by atoms with E-state index in [9.17, 15) is 9.90 Å². The number of aliphatic hydroxyl groups is 1. The smallest absolute Gasteiger partial charge is 0.309 e. The Morgan fingerprint density at radius 1 is 1.22 bits per heavy atom. The SMILES string of the molecule is C=CC(=C)OC1CC(C(=O)OCC2CCC3OC3C2)CCC1O. The fourth-order valence-electron chi connectivity index (χ4n) is 3.65. The van der Waals surface area contributed by atoms with Crippen LogP contribution in [0, 0.1) is 11.8 Å². The summed E-state index contributed by atoms with van der Waals surface area (Å²) in [4.78, 5) is 12.3. The minimum atomic E-state index is -0.571. The van der Waals surface area contributed by atoms with Crippen molar-refractivity contribution in [1.82, 2.24) is 0 Å². The molecule has 6 atom stereocenters. The van der Waals surface area contributed by atoms with Gasteiger partial charge in [0.1, 0.15) is 11.9 Å². The lowest BCUT2D eigenvalue weighted by molar-refractivity contribution is -0.155. The first-order chi connectivity index (χ1) is 11.1. The quantitative estimate of drug-likeness (QED) is 0.352. The third-order valence-electron chi connectivity index (χ3n) is 5.19. The summed E-state index contributed by atoms with van der Waals surface area (Å²) in [6, 6.07) is 0. The molecule has 1 aliphatic heterocycles. The second-order valence-electron chi connectivity index (χ2n) is 6.93. The molecule has 0 aromatic rings. The highest BCUT2D eigenvalue weighted by Gasteiger charge is 2.44. The minimum Gasteiger partial charge on any atom is -0.488 e. The standard InChI is InChI=1S/C18H26O5/c1-3-11(2)22-16-9-13(5-6-14(16)19)18(20)21-10-12-4-7-15-17(8-12)23-15/h3,12-17,19H,1-2,4-10H2. The molecule has 0 aromatic heterocycles. The van der Waals surface area contributed by atoms with Gasteiger partial charge in [-0.15, -0.1) is 0 Å². The highest BCUT2D eigenvalue weighted by Crippen LogP contribution is 2.39. The van der Waals surface area contributed by atoms with Gasteiger partial charge >= 0.3 is 5.97 Å². The first-order valence-electron chi connectivity index (χ1n) is 8.55. The molecule has 6 unspecified atom stereocenters. The molecule has 5 nitrogen and oxygen atoms in total. The van der Waals surface area contributed by atoms with Crippen molar-refractivity contribution in [3.8, 4) is 0 Å². The number of epoxide rings is 1. The predicted octanol–water partition coefficient (Wildman–Crippen LogP) is 2.34. The molecule has 0 radical (unpaired) electrons. The van der Waals surface area contributed by atoms with E-state index in [-0.39, 0.29) is 11.9 Å². The van der Waals surface area contributed by atoms with E-state index in [1.165, 1.54) is 6.08 Å². The van der Waals surface area contributed by atoms with Crippen LogP contribution in [0.25, 0.3) is 0 Å². The van der Waals surface area contributed by atoms with E-state index >= 15 is 0 Å². The number of aliphatic hydroxyl groups excluding tert-OH is 1. The summed E-state index contributed by atoms with van der Waals surface area (Å²) in [6.45, 7) is 7.77. The molecule has 2 saturated carbocycles. The highest BCUT2D eigenvalue weighted by atomic mass is 16.6. The molecule has 1 heterocycles. The van der Waals surface area contributed by atoms with E-state index in [0.29, 0.717) is 49.8 Å². The molecule has 3 aliphatic rings. The van der Waals surface area contributed by atoms with E-state index in [0.717, 1.165) is 19.3 Å². The molecule has 0 amide bonds. The zero-order valence-corrected chi connectivity index (χ0v) is 13.5. The van der Waals surface area contributed by atoms with Crippen molar-refractivity contribution < 1.29 is 24.1 Å². The van der Waals surface area contributed by atoms with Gasteiger partial charge in [-0.05, 0) is 44.1 Å². The Bertz CT molecular complexity index is 474. The summed E-state index contributed by atoms with van der Waals surface area (Å²) in [5.41, 5.74) is 0. The lowest BCUT2D eigenvalue weighted by atomic mass is 9.85. The van der Waals surface area contributed by atoms with Crippen LogP contribution in [-0.2, 0) is 19.0 Å². The van der Waals surface area contributed by atoms with Crippen LogP contribution in [0.4, 0.5) is 0 Å². The average Bonchev–Trinajstić information content (AvgIpc) is 3.33. The van der Waals surface area contributed by atoms with Gasteiger partial charge in [-0.2, -0.15) is 0 Å². The van der Waals surface area contributed by atoms with Gasteiger partial charge in [0, 0.05) is 6.42 Å². The second-order valence-corrected chi connectivity index (χ2v) is 6.93. The fourth-order valence-corrected chi connectivity index (χ4v) is 3.65. The van der Waals surface area contributed by atoms with Gasteiger partial charge < -0.3 is 19.3 Å². The van der Waals surface area contributed by atoms with Gasteiger partial charge in [0.2, 0.25) is 0 Å². The summed E-state index contributed by atoms with van der Waals surface area (Å²) < 4.78 is 16.6. The van der Waals surface area contributed by atoms with E-state index in [2.05, 4.69) is 13.2 Å². The van der Waals surface area contributed by atoms with Crippen LogP contribution in [0.5, 0.6) is 0 Å². The Labute approximate surface area is 137 Å². The van der Waals surface area contributed by atoms with Crippen molar-refractivity contribution in [3.05, 3.63) is 25.0 Å². The minimum absolute atomic E-state index is 0.173. The predicted molar refractivity (Wildman–Crippen MR) is 84.5 cm³/mol. The van der Waals surface area contributed by atoms with Crippen molar-refractivity contribution in [2.45, 2.75) is 62.9 Å². The number of carbonyl (C=O) groups excluding carboxylic acids is 1. The summed E-state index contributed by atoms with van der Waals surface area (Å²) in [5, 5.41) is 10.0. The van der Waals surface area contributed by atoms with E-state index in [4.69, 9.17) is 14.2 Å². The third kappa shape index (κ3) is 4.15. The molecule has 0 spiro atoms. The monoisotopic (exact) mass is 322 g/mol. The molecule has 0 aromatic carbocycles. The molecular formula is C18H26O5. The summed E-state index contributed by atoms with van der Waals surface area (Å²) in [7, 11) is 0. The molecule has 3 fully saturated rings. The first kappa shape index (κ1) is 16.5. The zero-order chi connectivity index (χ0) is 16.4. The van der Waals surface area contributed by atoms with Gasteiger partial charge in [-0.3, -0.25) is 4.79 Å². The van der Waals surface area contributed by atoms with Crippen LogP contribution < -0.4 is 0 Å². The van der Waals surface area contributed by atoms with Gasteiger partial charge in [0.05, 0.1) is 30.8 Å². The maximum atomic E-state index is 12.3. The van der Waals surface area contributed by atoms with Crippen molar-refractivity contribution in [2.24, 2.45) is 11.8 Å². The Kier molecular flexibility index (Phi) is 5.07. The lowest BCUT2D eigenvalue weighted by Crippen LogP contribution is -2.39. The van der Waals surface area contributed by atoms with Gasteiger partial charge in [0.25, 0.3) is 0 Å². The normalized spacial score (nSPS) is 39.0. The number of esters is 1. The van der Waals surface area contributed by atoms with Crippen LogP contribution in [0.15, 0.2) is 25.0 Å². The number of rotatable bonds is 6. The summed E-state index contributed by atoms with van der Waals surface area (Å²) in [6.07, 6.45) is 6.19. The van der Waals surface area contributed by atoms with Crippen molar-refractivity contribution in [1.29, 1.82) is 0 Å². The van der Waals surface area contributed by atoms with E-state index in [1.807, 2.05) is 0 Å². The van der Waals surface area contributed by atoms with Crippen LogP contribution >= 0.6 is 0 Å². The lowest BCUT2D eigenvalue weighted by Gasteiger charge is -2.32. The second kappa shape index (κ2) is 7.05. The maximum Gasteiger partial charge on any atom is 0.309 e. The van der Waals surface area contributed by atoms with Gasteiger partial charge in [-0.1, -0.05) is 13.2 Å². The molecule has 0 bridgehead atoms. The number of carbonyl (C=O) groups is 1. The maximum absolute atomic E-state index is 12.3. The number of ether oxygens (including phenoxy) is 3. The van der Waals surface area contributed by atoms with Crippen LogP contribution in [0.1, 0.15) is 38.5 Å². The molecule has 23 heavy (non-hydrogen) atoms. The number of hydrogen-bond donors (Lipinski definition) is 1. The zero-order valence-electron chi connectivity index (χ0n) is 13.5. The number of hydrogen-bond acceptors (Lipinski definition) is 5. The van der Waals surface area contributed by atoms with Gasteiger partial charge in [-0.25, -0.2) is 0 Å². The molecule has 5 heteroatoms. The van der Waals surface area contributed by atoms with Crippen LogP contribution in [0.2, 0.25) is 0 Å². The van der Waals surface area contributed by atoms with E-state index < -0.39 is 12.2 Å². The largest absolute Gasteiger partial charge is 0.488 e. The Morgan fingerprint density at radius 3 is 2.78 bits per heavy atom. The Morgan fingerprint density at radius 2 is 2.04 bits per heavy atom. The number of allylic oxidation sites excluding steroid dienone is 1. The Balaban J connectivity index is 1.44. The van der Waals surface area contributed by atoms with Crippen molar-refractivity contribution in [3.63, 3.8) is 0 Å². The molecule has 128 valence electrons. The third-order valence-corrected chi connectivity index (χ3v) is 5.19. The Hall–Kier alpha value is -1.33. The number of fused-ring (bicyclic) bond motifs is 1. The fraction of sp³-hybridized carbons (Fsp3) is 0.722. The molecule has 1 saturated heterocycles. The van der Waals surface area contributed by atoms with Crippen LogP contribution in [0.3, 0.4) is 0 Å². The summed E-state index contributed by atoms with van der Waals surface area (Å²) in [5.74, 6) is 0.455. The van der Waals surface area contributed by atoms with Crippen molar-refractivity contribution in [2.75, 3.05) is 6.61 Å². The molecule has 3 rings (SSSR count). The molecule has 2 aliphatic carbocycles. The van der Waals surface area contributed by atoms with Gasteiger partial charge in [0.15, 0.2) is 0 Å². The first-order valence-corrected chi connectivity index (χ1v) is 8.55. The van der Waals surface area contributed by atoms with Crippen LogP contribution in [-0.4, -0.2) is 42.1 Å². The average molecular weight is 322 g/mol. The topological polar surface area (TPSA) is 68.3 Å². The van der Waals surface area contributed by atoms with Crippen molar-refractivity contribution >= 4 is 5.97 Å². The summed E-state index contributed by atoms with van der Waals surface area (Å²) >= 11 is 0. The highest BCUT2D eigenvalue weighted by molar-refractivity contribution is 5.72. The molecule has 1 N–H and O–H groups in total.